The second-order valence-electron chi connectivity index (χ2n) is 3.62. The summed E-state index contributed by atoms with van der Waals surface area (Å²) >= 11 is 11.4. The highest BCUT2D eigenvalue weighted by Gasteiger charge is 2.09. The Balaban J connectivity index is 2.66. The van der Waals surface area contributed by atoms with Gasteiger partial charge in [-0.2, -0.15) is 0 Å². The van der Waals surface area contributed by atoms with E-state index in [0.717, 1.165) is 19.5 Å². The third-order valence-corrected chi connectivity index (χ3v) is 3.04. The zero-order chi connectivity index (χ0) is 12.0. The minimum atomic E-state index is -0.312. The maximum atomic E-state index is 13.6. The van der Waals surface area contributed by atoms with E-state index in [9.17, 15) is 4.39 Å². The zero-order valence-electron chi connectivity index (χ0n) is 9.35. The first-order chi connectivity index (χ1) is 7.69. The van der Waals surface area contributed by atoms with Crippen molar-refractivity contribution in [2.24, 2.45) is 0 Å². The molecule has 0 saturated carbocycles. The SMILES string of the molecule is CCN(CCCCl)Cc1cccc(Cl)c1F. The third kappa shape index (κ3) is 3.93. The zero-order valence-corrected chi connectivity index (χ0v) is 10.9. The van der Waals surface area contributed by atoms with Gasteiger partial charge in [0.1, 0.15) is 5.82 Å². The minimum absolute atomic E-state index is 0.186. The number of benzene rings is 1. The summed E-state index contributed by atoms with van der Waals surface area (Å²) in [5, 5.41) is 0.186. The normalized spacial score (nSPS) is 11.1. The molecule has 4 heteroatoms. The van der Waals surface area contributed by atoms with Gasteiger partial charge in [-0.15, -0.1) is 11.6 Å². The second kappa shape index (κ2) is 7.10. The Hall–Kier alpha value is -0.310. The second-order valence-corrected chi connectivity index (χ2v) is 4.41. The van der Waals surface area contributed by atoms with Crippen LogP contribution in [0, 0.1) is 5.82 Å². The van der Waals surface area contributed by atoms with Gasteiger partial charge in [0.05, 0.1) is 5.02 Å². The van der Waals surface area contributed by atoms with Crippen LogP contribution in [0.15, 0.2) is 18.2 Å². The van der Waals surface area contributed by atoms with E-state index < -0.39 is 0 Å². The van der Waals surface area contributed by atoms with Gasteiger partial charge in [0.2, 0.25) is 0 Å². The molecule has 1 nitrogen and oxygen atoms in total. The monoisotopic (exact) mass is 263 g/mol. The van der Waals surface area contributed by atoms with Crippen molar-refractivity contribution in [3.05, 3.63) is 34.6 Å². The van der Waals surface area contributed by atoms with Crippen LogP contribution < -0.4 is 0 Å². The molecule has 0 aliphatic rings. The number of rotatable bonds is 6. The molecule has 0 fully saturated rings. The quantitative estimate of drug-likeness (QED) is 0.704. The molecular weight excluding hydrogens is 248 g/mol. The smallest absolute Gasteiger partial charge is 0.146 e. The number of hydrogen-bond acceptors (Lipinski definition) is 1. The molecule has 0 amide bonds. The van der Waals surface area contributed by atoms with E-state index in [1.165, 1.54) is 0 Å². The Labute approximate surface area is 106 Å². The summed E-state index contributed by atoms with van der Waals surface area (Å²) in [7, 11) is 0. The lowest BCUT2D eigenvalue weighted by Crippen LogP contribution is -2.24. The average Bonchev–Trinajstić information content (AvgIpc) is 2.30. The fourth-order valence-corrected chi connectivity index (χ4v) is 1.86. The number of nitrogens with zero attached hydrogens (tertiary/aromatic N) is 1. The highest BCUT2D eigenvalue weighted by atomic mass is 35.5. The van der Waals surface area contributed by atoms with E-state index in [4.69, 9.17) is 23.2 Å². The van der Waals surface area contributed by atoms with Gasteiger partial charge < -0.3 is 0 Å². The Morgan fingerprint density at radius 2 is 2.12 bits per heavy atom. The molecule has 16 heavy (non-hydrogen) atoms. The topological polar surface area (TPSA) is 3.24 Å². The first-order valence-corrected chi connectivity index (χ1v) is 6.31. The maximum Gasteiger partial charge on any atom is 0.146 e. The fourth-order valence-electron chi connectivity index (χ4n) is 1.54. The summed E-state index contributed by atoms with van der Waals surface area (Å²) in [4.78, 5) is 2.15. The van der Waals surface area contributed by atoms with Crippen molar-refractivity contribution in [1.82, 2.24) is 4.90 Å². The van der Waals surface area contributed by atoms with Gasteiger partial charge >= 0.3 is 0 Å². The molecule has 0 atom stereocenters. The van der Waals surface area contributed by atoms with Crippen LogP contribution in [0.4, 0.5) is 4.39 Å². The van der Waals surface area contributed by atoms with Crippen molar-refractivity contribution >= 4 is 23.2 Å². The van der Waals surface area contributed by atoms with Crippen molar-refractivity contribution in [2.45, 2.75) is 19.9 Å². The van der Waals surface area contributed by atoms with Gasteiger partial charge in [-0.05, 0) is 25.6 Å². The Morgan fingerprint density at radius 3 is 2.75 bits per heavy atom. The van der Waals surface area contributed by atoms with Gasteiger partial charge in [-0.3, -0.25) is 4.90 Å². The first-order valence-electron chi connectivity index (χ1n) is 5.40. The summed E-state index contributed by atoms with van der Waals surface area (Å²) in [5.74, 6) is 0.322. The van der Waals surface area contributed by atoms with E-state index in [1.807, 2.05) is 0 Å². The van der Waals surface area contributed by atoms with E-state index in [1.54, 1.807) is 18.2 Å². The van der Waals surface area contributed by atoms with E-state index >= 15 is 0 Å². The molecule has 0 unspecified atom stereocenters. The lowest BCUT2D eigenvalue weighted by molar-refractivity contribution is 0.277. The average molecular weight is 264 g/mol. The predicted molar refractivity (Wildman–Crippen MR) is 67.7 cm³/mol. The number of hydrogen-bond donors (Lipinski definition) is 0. The Morgan fingerprint density at radius 1 is 1.38 bits per heavy atom. The minimum Gasteiger partial charge on any atom is -0.299 e. The molecule has 1 aromatic rings. The molecular formula is C12H16Cl2FN. The van der Waals surface area contributed by atoms with Crippen LogP contribution in [-0.4, -0.2) is 23.9 Å². The summed E-state index contributed by atoms with van der Waals surface area (Å²) in [6.45, 7) is 4.39. The third-order valence-electron chi connectivity index (χ3n) is 2.48. The van der Waals surface area contributed by atoms with E-state index in [-0.39, 0.29) is 10.8 Å². The molecule has 0 heterocycles. The molecule has 1 aromatic carbocycles. The predicted octanol–water partition coefficient (Wildman–Crippen LogP) is 3.93. The van der Waals surface area contributed by atoms with Gasteiger partial charge in [-0.25, -0.2) is 4.39 Å². The van der Waals surface area contributed by atoms with Crippen LogP contribution in [0.3, 0.4) is 0 Å². The number of alkyl halides is 1. The van der Waals surface area contributed by atoms with Crippen LogP contribution in [0.2, 0.25) is 5.02 Å². The van der Waals surface area contributed by atoms with Crippen molar-refractivity contribution in [2.75, 3.05) is 19.0 Å². The van der Waals surface area contributed by atoms with Crippen LogP contribution in [0.1, 0.15) is 18.9 Å². The molecule has 0 saturated heterocycles. The standard InChI is InChI=1S/C12H16Cl2FN/c1-2-16(8-4-7-13)9-10-5-3-6-11(14)12(10)15/h3,5-6H,2,4,7-9H2,1H3. The van der Waals surface area contributed by atoms with Crippen molar-refractivity contribution < 1.29 is 4.39 Å². The van der Waals surface area contributed by atoms with Crippen molar-refractivity contribution in [1.29, 1.82) is 0 Å². The van der Waals surface area contributed by atoms with Crippen LogP contribution in [0.5, 0.6) is 0 Å². The summed E-state index contributed by atoms with van der Waals surface area (Å²) in [6.07, 6.45) is 0.914. The van der Waals surface area contributed by atoms with Gasteiger partial charge in [0.25, 0.3) is 0 Å². The Bertz CT molecular complexity index is 331. The lowest BCUT2D eigenvalue weighted by atomic mass is 10.2. The molecule has 0 aliphatic heterocycles. The van der Waals surface area contributed by atoms with E-state index in [0.29, 0.717) is 18.0 Å². The molecule has 0 bridgehead atoms. The van der Waals surface area contributed by atoms with E-state index in [2.05, 4.69) is 11.8 Å². The first kappa shape index (κ1) is 13.8. The Kier molecular flexibility index (Phi) is 6.10. The van der Waals surface area contributed by atoms with Gasteiger partial charge in [-0.1, -0.05) is 30.7 Å². The highest BCUT2D eigenvalue weighted by Crippen LogP contribution is 2.19. The lowest BCUT2D eigenvalue weighted by Gasteiger charge is -2.20. The van der Waals surface area contributed by atoms with Gasteiger partial charge in [0.15, 0.2) is 0 Å². The summed E-state index contributed by atoms with van der Waals surface area (Å²) in [6, 6.07) is 5.11. The number of halogens is 3. The molecule has 0 aliphatic carbocycles. The van der Waals surface area contributed by atoms with Crippen LogP contribution >= 0.6 is 23.2 Å². The highest BCUT2D eigenvalue weighted by molar-refractivity contribution is 6.30. The van der Waals surface area contributed by atoms with Crippen molar-refractivity contribution in [3.63, 3.8) is 0 Å². The molecule has 1 rings (SSSR count). The fraction of sp³-hybridized carbons (Fsp3) is 0.500. The summed E-state index contributed by atoms with van der Waals surface area (Å²) in [5.41, 5.74) is 0.643. The molecule has 0 radical (unpaired) electrons. The van der Waals surface area contributed by atoms with Crippen LogP contribution in [-0.2, 0) is 6.54 Å². The molecule has 90 valence electrons. The van der Waals surface area contributed by atoms with Crippen molar-refractivity contribution in [3.8, 4) is 0 Å². The summed E-state index contributed by atoms with van der Waals surface area (Å²) < 4.78 is 13.6. The molecule has 0 aromatic heterocycles. The largest absolute Gasteiger partial charge is 0.299 e. The molecule has 0 spiro atoms. The van der Waals surface area contributed by atoms with Crippen LogP contribution in [0.25, 0.3) is 0 Å². The maximum absolute atomic E-state index is 13.6. The van der Waals surface area contributed by atoms with Gasteiger partial charge in [0, 0.05) is 18.0 Å². The molecule has 0 N–H and O–H groups in total.